The number of carbonyl (C=O) groups excluding carboxylic acids is 1. The Bertz CT molecular complexity index is 1070. The van der Waals surface area contributed by atoms with Gasteiger partial charge in [0.1, 0.15) is 24.2 Å². The molecular weight excluding hydrogens is 386 g/mol. The second-order valence-corrected chi connectivity index (χ2v) is 5.73. The summed E-state index contributed by atoms with van der Waals surface area (Å²) in [6, 6.07) is 5.52. The molecule has 1 aromatic heterocycles. The Labute approximate surface area is 156 Å². The van der Waals surface area contributed by atoms with Gasteiger partial charge < -0.3 is 0 Å². The van der Waals surface area contributed by atoms with E-state index in [1.54, 1.807) is 6.07 Å². The summed E-state index contributed by atoms with van der Waals surface area (Å²) in [6.45, 7) is -0.795. The third-order valence-electron chi connectivity index (χ3n) is 3.72. The molecule has 0 radical (unpaired) electrons. The van der Waals surface area contributed by atoms with Gasteiger partial charge in [-0.25, -0.2) is 17.6 Å². The van der Waals surface area contributed by atoms with Crippen molar-refractivity contribution in [1.82, 2.24) is 9.78 Å². The molecule has 0 saturated heterocycles. The third kappa shape index (κ3) is 3.64. The number of nitriles is 1. The zero-order valence-corrected chi connectivity index (χ0v) is 13.6. The molecule has 0 unspecified atom stereocenters. The molecule has 0 aliphatic heterocycles. The van der Waals surface area contributed by atoms with E-state index < -0.39 is 36.0 Å². The molecule has 0 fully saturated rings. The Kier molecular flexibility index (Phi) is 5.86. The van der Waals surface area contributed by atoms with Gasteiger partial charge in [0.15, 0.2) is 5.78 Å². The lowest BCUT2D eigenvalue weighted by Crippen LogP contribution is -2.11. The molecule has 27 heavy (non-hydrogen) atoms. The lowest BCUT2D eigenvalue weighted by Gasteiger charge is -2.09. The molecule has 0 atom stereocenters. The highest BCUT2D eigenvalue weighted by atomic mass is 35.5. The maximum Gasteiger partial charge on any atom is 0.257 e. The topological polar surface area (TPSA) is 58.7 Å². The number of carbonyl (C=O) groups is 1. The van der Waals surface area contributed by atoms with E-state index >= 15 is 0 Å². The van der Waals surface area contributed by atoms with Crippen LogP contribution in [0.2, 0.25) is 5.02 Å². The van der Waals surface area contributed by atoms with Crippen molar-refractivity contribution >= 4 is 28.3 Å². The summed E-state index contributed by atoms with van der Waals surface area (Å²) < 4.78 is 54.1. The number of benzene rings is 2. The van der Waals surface area contributed by atoms with Gasteiger partial charge in [-0.05, 0) is 18.2 Å². The minimum absolute atomic E-state index is 0. The predicted octanol–water partition coefficient (Wildman–Crippen LogP) is 4.97. The fourth-order valence-electron chi connectivity index (χ4n) is 2.61. The number of hydrogen-bond acceptors (Lipinski definition) is 3. The Morgan fingerprint density at radius 3 is 2.63 bits per heavy atom. The first-order valence-electron chi connectivity index (χ1n) is 7.19. The van der Waals surface area contributed by atoms with Crippen LogP contribution in [0.4, 0.5) is 17.6 Å². The van der Waals surface area contributed by atoms with Crippen LogP contribution in [0.5, 0.6) is 0 Å². The minimum Gasteiger partial charge on any atom is -0.288 e. The minimum atomic E-state index is -2.74. The van der Waals surface area contributed by atoms with Crippen LogP contribution in [0, 0.1) is 23.0 Å². The SMILES string of the molecule is C.N#Cc1c(C(=O)c2cc(F)ccc2Cl)c(F)cc2c1cnn2CC(F)F. The molecule has 140 valence electrons. The maximum atomic E-state index is 14.6. The Hall–Kier alpha value is -2.92. The largest absolute Gasteiger partial charge is 0.288 e. The van der Waals surface area contributed by atoms with Crippen LogP contribution in [-0.2, 0) is 6.54 Å². The molecule has 3 rings (SSSR count). The zero-order valence-electron chi connectivity index (χ0n) is 12.8. The Balaban J connectivity index is 0.00000261. The van der Waals surface area contributed by atoms with Gasteiger partial charge in [0, 0.05) is 17.0 Å². The van der Waals surface area contributed by atoms with E-state index in [1.807, 2.05) is 0 Å². The molecule has 0 aliphatic rings. The lowest BCUT2D eigenvalue weighted by molar-refractivity contribution is 0.103. The second kappa shape index (κ2) is 7.76. The summed E-state index contributed by atoms with van der Waals surface area (Å²) in [6.07, 6.45) is -1.64. The average Bonchev–Trinajstić information content (AvgIpc) is 2.97. The summed E-state index contributed by atoms with van der Waals surface area (Å²) in [5, 5.41) is 13.0. The predicted molar refractivity (Wildman–Crippen MR) is 92.0 cm³/mol. The van der Waals surface area contributed by atoms with Gasteiger partial charge in [-0.15, -0.1) is 0 Å². The highest BCUT2D eigenvalue weighted by molar-refractivity contribution is 6.35. The van der Waals surface area contributed by atoms with Crippen LogP contribution in [0.25, 0.3) is 10.9 Å². The van der Waals surface area contributed by atoms with E-state index in [0.29, 0.717) is 0 Å². The van der Waals surface area contributed by atoms with Crippen LogP contribution in [0.3, 0.4) is 0 Å². The van der Waals surface area contributed by atoms with Gasteiger partial charge in [0.05, 0.1) is 27.9 Å². The van der Waals surface area contributed by atoms with Crippen molar-refractivity contribution in [3.8, 4) is 6.07 Å². The molecule has 9 heteroatoms. The molecule has 3 aromatic rings. The number of aromatic nitrogens is 2. The van der Waals surface area contributed by atoms with E-state index in [1.165, 1.54) is 0 Å². The maximum absolute atomic E-state index is 14.6. The molecule has 0 amide bonds. The van der Waals surface area contributed by atoms with Crippen molar-refractivity contribution in [1.29, 1.82) is 5.26 Å². The molecule has 0 saturated carbocycles. The number of nitrogens with zero attached hydrogens (tertiary/aromatic N) is 3. The zero-order chi connectivity index (χ0) is 19.0. The van der Waals surface area contributed by atoms with Gasteiger partial charge in [-0.3, -0.25) is 9.48 Å². The molecule has 2 aromatic carbocycles. The van der Waals surface area contributed by atoms with E-state index in [-0.39, 0.29) is 34.5 Å². The molecule has 0 spiro atoms. The first-order chi connectivity index (χ1) is 12.3. The molecule has 1 heterocycles. The molecular formula is C18H12ClF4N3O. The van der Waals surface area contributed by atoms with Gasteiger partial charge in [0.25, 0.3) is 6.43 Å². The number of halogens is 5. The number of rotatable bonds is 4. The number of fused-ring (bicyclic) bond motifs is 1. The summed E-state index contributed by atoms with van der Waals surface area (Å²) >= 11 is 5.88. The van der Waals surface area contributed by atoms with Crippen LogP contribution < -0.4 is 0 Å². The van der Waals surface area contributed by atoms with Gasteiger partial charge in [-0.1, -0.05) is 19.0 Å². The molecule has 0 aliphatic carbocycles. The quantitative estimate of drug-likeness (QED) is 0.461. The van der Waals surface area contributed by atoms with E-state index in [4.69, 9.17) is 11.6 Å². The fourth-order valence-corrected chi connectivity index (χ4v) is 2.81. The first kappa shape index (κ1) is 20.4. The van der Waals surface area contributed by atoms with Crippen molar-refractivity contribution < 1.29 is 22.4 Å². The lowest BCUT2D eigenvalue weighted by atomic mass is 9.95. The summed E-state index contributed by atoms with van der Waals surface area (Å²) in [5.74, 6) is -2.87. The monoisotopic (exact) mass is 397 g/mol. The summed E-state index contributed by atoms with van der Waals surface area (Å²) in [7, 11) is 0. The normalized spacial score (nSPS) is 10.7. The van der Waals surface area contributed by atoms with Crippen molar-refractivity contribution in [2.75, 3.05) is 0 Å². The third-order valence-corrected chi connectivity index (χ3v) is 4.05. The van der Waals surface area contributed by atoms with Crippen molar-refractivity contribution in [2.24, 2.45) is 0 Å². The highest BCUT2D eigenvalue weighted by Gasteiger charge is 2.25. The van der Waals surface area contributed by atoms with Crippen molar-refractivity contribution in [3.05, 3.63) is 63.8 Å². The van der Waals surface area contributed by atoms with E-state index in [9.17, 15) is 27.6 Å². The first-order valence-corrected chi connectivity index (χ1v) is 7.57. The average molecular weight is 398 g/mol. The van der Waals surface area contributed by atoms with Crippen molar-refractivity contribution in [3.63, 3.8) is 0 Å². The highest BCUT2D eigenvalue weighted by Crippen LogP contribution is 2.29. The number of alkyl halides is 2. The van der Waals surface area contributed by atoms with Gasteiger partial charge in [0.2, 0.25) is 0 Å². The second-order valence-electron chi connectivity index (χ2n) is 5.32. The van der Waals surface area contributed by atoms with E-state index in [2.05, 4.69) is 5.10 Å². The van der Waals surface area contributed by atoms with Crippen LogP contribution >= 0.6 is 11.6 Å². The van der Waals surface area contributed by atoms with Crippen molar-refractivity contribution in [2.45, 2.75) is 20.4 Å². The van der Waals surface area contributed by atoms with Crippen LogP contribution in [0.15, 0.2) is 30.5 Å². The van der Waals surface area contributed by atoms with Crippen LogP contribution in [-0.4, -0.2) is 22.0 Å². The van der Waals surface area contributed by atoms with Gasteiger partial charge in [-0.2, -0.15) is 10.4 Å². The summed E-state index contributed by atoms with van der Waals surface area (Å²) in [5.41, 5.74) is -1.38. The fraction of sp³-hybridized carbons (Fsp3) is 0.167. The molecule has 0 N–H and O–H groups in total. The smallest absolute Gasteiger partial charge is 0.257 e. The van der Waals surface area contributed by atoms with Crippen LogP contribution in [0.1, 0.15) is 28.9 Å². The number of ketones is 1. The Morgan fingerprint density at radius 2 is 2.00 bits per heavy atom. The Morgan fingerprint density at radius 1 is 1.30 bits per heavy atom. The number of hydrogen-bond donors (Lipinski definition) is 0. The standard InChI is InChI=1S/C17H8ClF4N3O.CH4/c18-12-2-1-8(19)3-9(12)17(26)16-10(5-23)11-6-24-25(7-15(21)22)14(11)4-13(16)20;/h1-4,6,15H,7H2;1H4. The summed E-state index contributed by atoms with van der Waals surface area (Å²) in [4.78, 5) is 12.7. The molecule has 0 bridgehead atoms. The van der Waals surface area contributed by atoms with E-state index in [0.717, 1.165) is 35.1 Å². The van der Waals surface area contributed by atoms with Gasteiger partial charge >= 0.3 is 0 Å². The molecule has 4 nitrogen and oxygen atoms in total.